The topological polar surface area (TPSA) is 66.0 Å². The number of rotatable bonds is 7. The van der Waals surface area contributed by atoms with Crippen molar-refractivity contribution in [3.05, 3.63) is 28.2 Å². The van der Waals surface area contributed by atoms with E-state index in [9.17, 15) is 4.79 Å². The summed E-state index contributed by atoms with van der Waals surface area (Å²) in [6.45, 7) is 6.63. The Bertz CT molecular complexity index is 667. The quantitative estimate of drug-likeness (QED) is 0.408. The van der Waals surface area contributed by atoms with Gasteiger partial charge in [-0.15, -0.1) is 0 Å². The van der Waals surface area contributed by atoms with Crippen molar-refractivity contribution in [2.45, 2.75) is 32.7 Å². The monoisotopic (exact) mass is 414 g/mol. The molecule has 2 rings (SSSR count). The first-order valence-corrected chi connectivity index (χ1v) is 10.00. The Kier molecular flexibility index (Phi) is 8.51. The number of benzene rings is 1. The minimum atomic E-state index is 0.0373. The van der Waals surface area contributed by atoms with E-state index in [1.165, 1.54) is 0 Å². The highest BCUT2D eigenvalue weighted by molar-refractivity contribution is 6.35. The molecule has 8 heteroatoms. The number of likely N-dealkylation sites (tertiary alicyclic amines) is 1. The highest BCUT2D eigenvalue weighted by Gasteiger charge is 2.27. The third-order valence-electron chi connectivity index (χ3n) is 4.32. The molecule has 1 unspecified atom stereocenters. The van der Waals surface area contributed by atoms with Crippen LogP contribution in [0, 0.1) is 5.92 Å². The zero-order chi connectivity index (χ0) is 19.8. The molecule has 2 N–H and O–H groups in total. The van der Waals surface area contributed by atoms with Gasteiger partial charge in [0.2, 0.25) is 5.91 Å². The molecular weight excluding hydrogens is 387 g/mol. The second kappa shape index (κ2) is 10.6. The summed E-state index contributed by atoms with van der Waals surface area (Å²) in [5, 5.41) is 7.75. The molecule has 0 aliphatic carbocycles. The number of nitrogens with one attached hydrogen (secondary N) is 2. The predicted octanol–water partition coefficient (Wildman–Crippen LogP) is 3.18. The van der Waals surface area contributed by atoms with Gasteiger partial charge >= 0.3 is 0 Å². The number of ether oxygens (including phenoxy) is 1. The maximum atomic E-state index is 12.1. The Hall–Kier alpha value is -1.66. The molecule has 1 aromatic carbocycles. The third kappa shape index (κ3) is 6.78. The highest BCUT2D eigenvalue weighted by Crippen LogP contribution is 2.27. The third-order valence-corrected chi connectivity index (χ3v) is 4.85. The van der Waals surface area contributed by atoms with Crippen molar-refractivity contribution in [1.82, 2.24) is 15.5 Å². The lowest BCUT2D eigenvalue weighted by atomic mass is 10.2. The molecular formula is C19H28Cl2N4O2. The zero-order valence-electron chi connectivity index (χ0n) is 16.1. The summed E-state index contributed by atoms with van der Waals surface area (Å²) in [6.07, 6.45) is 1.72. The van der Waals surface area contributed by atoms with Crippen molar-refractivity contribution in [1.29, 1.82) is 0 Å². The van der Waals surface area contributed by atoms with Gasteiger partial charge in [-0.3, -0.25) is 9.79 Å². The summed E-state index contributed by atoms with van der Waals surface area (Å²) in [5.41, 5.74) is 0. The van der Waals surface area contributed by atoms with Gasteiger partial charge in [-0.25, -0.2) is 0 Å². The molecule has 1 fully saturated rings. The van der Waals surface area contributed by atoms with Gasteiger partial charge in [0.1, 0.15) is 5.75 Å². The summed E-state index contributed by atoms with van der Waals surface area (Å²) in [4.78, 5) is 18.2. The first-order valence-electron chi connectivity index (χ1n) is 9.24. The van der Waals surface area contributed by atoms with E-state index in [4.69, 9.17) is 27.9 Å². The predicted molar refractivity (Wildman–Crippen MR) is 111 cm³/mol. The van der Waals surface area contributed by atoms with Crippen molar-refractivity contribution in [3.63, 3.8) is 0 Å². The van der Waals surface area contributed by atoms with Crippen LogP contribution in [0.15, 0.2) is 23.2 Å². The van der Waals surface area contributed by atoms with Gasteiger partial charge in [0.15, 0.2) is 5.96 Å². The van der Waals surface area contributed by atoms with Crippen LogP contribution in [0.2, 0.25) is 10.0 Å². The molecule has 1 atom stereocenters. The first-order chi connectivity index (χ1) is 12.9. The molecule has 0 spiro atoms. The molecule has 0 saturated carbocycles. The summed E-state index contributed by atoms with van der Waals surface area (Å²) in [5.74, 6) is 1.61. The Morgan fingerprint density at radius 2 is 2.19 bits per heavy atom. The largest absolute Gasteiger partial charge is 0.492 e. The molecule has 0 radical (unpaired) electrons. The van der Waals surface area contributed by atoms with Crippen LogP contribution in [0.5, 0.6) is 5.75 Å². The molecule has 1 aliphatic rings. The molecule has 150 valence electrons. The number of guanidine groups is 1. The fourth-order valence-corrected chi connectivity index (χ4v) is 3.35. The van der Waals surface area contributed by atoms with E-state index in [-0.39, 0.29) is 17.9 Å². The molecule has 6 nitrogen and oxygen atoms in total. The maximum absolute atomic E-state index is 12.1. The van der Waals surface area contributed by atoms with Crippen molar-refractivity contribution in [2.24, 2.45) is 10.9 Å². The average molecular weight is 415 g/mol. The van der Waals surface area contributed by atoms with Crippen LogP contribution in [0.1, 0.15) is 26.7 Å². The summed E-state index contributed by atoms with van der Waals surface area (Å²) in [6, 6.07) is 5.41. The van der Waals surface area contributed by atoms with Crippen LogP contribution >= 0.6 is 23.2 Å². The number of hydrogen-bond donors (Lipinski definition) is 2. The molecule has 27 heavy (non-hydrogen) atoms. The fourth-order valence-electron chi connectivity index (χ4n) is 2.88. The van der Waals surface area contributed by atoms with E-state index < -0.39 is 0 Å². The van der Waals surface area contributed by atoms with Crippen LogP contribution < -0.4 is 15.4 Å². The molecule has 0 aromatic heterocycles. The number of carbonyl (C=O) groups is 1. The van der Waals surface area contributed by atoms with Gasteiger partial charge < -0.3 is 20.3 Å². The smallest absolute Gasteiger partial charge is 0.225 e. The van der Waals surface area contributed by atoms with E-state index in [0.717, 1.165) is 31.9 Å². The average Bonchev–Trinajstić information content (AvgIpc) is 3.09. The first kappa shape index (κ1) is 21.6. The lowest BCUT2D eigenvalue weighted by molar-refractivity contribution is -0.133. The van der Waals surface area contributed by atoms with Gasteiger partial charge in [0.05, 0.1) is 11.6 Å². The van der Waals surface area contributed by atoms with Crippen molar-refractivity contribution < 1.29 is 9.53 Å². The number of aliphatic imine (C=N–C) groups is 1. The van der Waals surface area contributed by atoms with Crippen LogP contribution in [0.3, 0.4) is 0 Å². The molecule has 1 heterocycles. The lowest BCUT2D eigenvalue weighted by Gasteiger charge is -2.20. The van der Waals surface area contributed by atoms with Gasteiger partial charge in [0, 0.05) is 43.7 Å². The molecule has 1 amide bonds. The number of carbonyl (C=O) groups excluding carboxylic acids is 1. The van der Waals surface area contributed by atoms with Crippen LogP contribution in [-0.4, -0.2) is 56.1 Å². The minimum Gasteiger partial charge on any atom is -0.492 e. The van der Waals surface area contributed by atoms with Crippen molar-refractivity contribution in [3.8, 4) is 5.75 Å². The van der Waals surface area contributed by atoms with Crippen LogP contribution in [-0.2, 0) is 4.79 Å². The summed E-state index contributed by atoms with van der Waals surface area (Å²) >= 11 is 12.0. The second-order valence-corrected chi connectivity index (χ2v) is 7.69. The number of amides is 1. The number of hydrogen-bond acceptors (Lipinski definition) is 3. The Balaban J connectivity index is 1.67. The van der Waals surface area contributed by atoms with Crippen LogP contribution in [0.4, 0.5) is 0 Å². The lowest BCUT2D eigenvalue weighted by Crippen LogP contribution is -2.45. The van der Waals surface area contributed by atoms with Crippen LogP contribution in [0.25, 0.3) is 0 Å². The Morgan fingerprint density at radius 1 is 1.41 bits per heavy atom. The van der Waals surface area contributed by atoms with E-state index in [0.29, 0.717) is 28.9 Å². The standard InChI is InChI=1S/C19H28Cl2N4O2/c1-13(2)18(26)25-9-7-15(12-25)24-19(22-3)23-8-4-10-27-17-6-5-14(20)11-16(17)21/h5-6,11,13,15H,4,7-10,12H2,1-3H3,(H2,22,23,24). The minimum absolute atomic E-state index is 0.0373. The van der Waals surface area contributed by atoms with E-state index in [1.807, 2.05) is 18.7 Å². The molecule has 1 aliphatic heterocycles. The zero-order valence-corrected chi connectivity index (χ0v) is 17.6. The summed E-state index contributed by atoms with van der Waals surface area (Å²) in [7, 11) is 1.74. The van der Waals surface area contributed by atoms with E-state index in [1.54, 1.807) is 25.2 Å². The fraction of sp³-hybridized carbons (Fsp3) is 0.579. The normalized spacial score (nSPS) is 17.3. The highest BCUT2D eigenvalue weighted by atomic mass is 35.5. The number of halogens is 2. The van der Waals surface area contributed by atoms with Gasteiger partial charge in [0.25, 0.3) is 0 Å². The van der Waals surface area contributed by atoms with Gasteiger partial charge in [-0.1, -0.05) is 37.0 Å². The SMILES string of the molecule is CN=C(NCCCOc1ccc(Cl)cc1Cl)NC1CCN(C(=O)C(C)C)C1. The molecule has 0 bridgehead atoms. The second-order valence-electron chi connectivity index (χ2n) is 6.84. The van der Waals surface area contributed by atoms with Gasteiger partial charge in [-0.2, -0.15) is 0 Å². The Labute approximate surface area is 171 Å². The molecule has 1 aromatic rings. The molecule has 1 saturated heterocycles. The maximum Gasteiger partial charge on any atom is 0.225 e. The van der Waals surface area contributed by atoms with Crippen molar-refractivity contribution >= 4 is 35.1 Å². The van der Waals surface area contributed by atoms with E-state index >= 15 is 0 Å². The summed E-state index contributed by atoms with van der Waals surface area (Å²) < 4.78 is 5.67. The Morgan fingerprint density at radius 3 is 2.85 bits per heavy atom. The van der Waals surface area contributed by atoms with E-state index in [2.05, 4.69) is 15.6 Å². The van der Waals surface area contributed by atoms with Gasteiger partial charge in [-0.05, 0) is 31.0 Å². The number of nitrogens with zero attached hydrogens (tertiary/aromatic N) is 2. The van der Waals surface area contributed by atoms with Crippen molar-refractivity contribution in [2.75, 3.05) is 33.3 Å².